The van der Waals surface area contributed by atoms with E-state index in [2.05, 4.69) is 5.32 Å². The van der Waals surface area contributed by atoms with E-state index >= 15 is 0 Å². The van der Waals surface area contributed by atoms with Crippen LogP contribution in [0.1, 0.15) is 24.2 Å². The van der Waals surface area contributed by atoms with Crippen LogP contribution in [0.4, 0.5) is 5.69 Å². The van der Waals surface area contributed by atoms with E-state index in [1.165, 1.54) is 6.07 Å². The van der Waals surface area contributed by atoms with Crippen molar-refractivity contribution in [3.8, 4) is 0 Å². The monoisotopic (exact) mass is 305 g/mol. The lowest BCUT2D eigenvalue weighted by Crippen LogP contribution is -2.26. The number of nitrogens with one attached hydrogen (secondary N) is 1. The van der Waals surface area contributed by atoms with Crippen LogP contribution >= 0.6 is 0 Å². The van der Waals surface area contributed by atoms with Crippen molar-refractivity contribution in [2.24, 2.45) is 0 Å². The van der Waals surface area contributed by atoms with E-state index in [4.69, 9.17) is 13.9 Å². The average molecular weight is 305 g/mol. The highest BCUT2D eigenvalue weighted by molar-refractivity contribution is 5.86. The van der Waals surface area contributed by atoms with Gasteiger partial charge in [-0.05, 0) is 32.0 Å². The lowest BCUT2D eigenvalue weighted by molar-refractivity contribution is -0.126. The van der Waals surface area contributed by atoms with Gasteiger partial charge in [0.1, 0.15) is 11.1 Å². The van der Waals surface area contributed by atoms with Gasteiger partial charge >= 0.3 is 5.63 Å². The highest BCUT2D eigenvalue weighted by Crippen LogP contribution is 2.18. The number of aldehydes is 1. The Labute approximate surface area is 128 Å². The highest BCUT2D eigenvalue weighted by atomic mass is 16.7. The smallest absolute Gasteiger partial charge is 0.346 e. The third kappa shape index (κ3) is 3.93. The minimum absolute atomic E-state index is 0.0148. The van der Waals surface area contributed by atoms with Crippen LogP contribution in [0.15, 0.2) is 33.5 Å². The first-order valence-electron chi connectivity index (χ1n) is 7.18. The van der Waals surface area contributed by atoms with Crippen molar-refractivity contribution in [1.29, 1.82) is 0 Å². The Balaban J connectivity index is 2.15. The molecule has 118 valence electrons. The van der Waals surface area contributed by atoms with E-state index in [1.54, 1.807) is 12.1 Å². The van der Waals surface area contributed by atoms with Crippen molar-refractivity contribution in [3.05, 3.63) is 40.2 Å². The number of hydrogen-bond donors (Lipinski definition) is 1. The zero-order valence-corrected chi connectivity index (χ0v) is 12.6. The summed E-state index contributed by atoms with van der Waals surface area (Å²) in [7, 11) is 0. The Morgan fingerprint density at radius 1 is 1.23 bits per heavy atom. The molecule has 6 nitrogen and oxygen atoms in total. The highest BCUT2D eigenvalue weighted by Gasteiger charge is 2.09. The SMILES string of the molecule is CCOC(CNc1ccc2cc(C=O)c(=O)oc2c1)OCC. The van der Waals surface area contributed by atoms with E-state index in [-0.39, 0.29) is 11.9 Å². The molecule has 0 atom stereocenters. The fourth-order valence-electron chi connectivity index (χ4n) is 2.06. The fraction of sp³-hybridized carbons (Fsp3) is 0.375. The number of carbonyl (C=O) groups excluding carboxylic acids is 1. The normalized spacial score (nSPS) is 11.0. The standard InChI is InChI=1S/C16H19NO5/c1-3-20-15(21-4-2)9-17-13-6-5-11-7-12(10-18)16(19)22-14(11)8-13/h5-8,10,15,17H,3-4,9H2,1-2H3. The maximum Gasteiger partial charge on any atom is 0.346 e. The summed E-state index contributed by atoms with van der Waals surface area (Å²) in [6.45, 7) is 5.41. The largest absolute Gasteiger partial charge is 0.422 e. The Hall–Kier alpha value is -2.18. The quantitative estimate of drug-likeness (QED) is 0.458. The van der Waals surface area contributed by atoms with Crippen molar-refractivity contribution in [2.75, 3.05) is 25.1 Å². The van der Waals surface area contributed by atoms with Crippen molar-refractivity contribution >= 4 is 22.9 Å². The summed E-state index contributed by atoms with van der Waals surface area (Å²) in [5.74, 6) is 0. The number of fused-ring (bicyclic) bond motifs is 1. The molecule has 0 saturated carbocycles. The Kier molecular flexibility index (Phi) is 5.68. The number of anilines is 1. The van der Waals surface area contributed by atoms with Gasteiger partial charge in [0.05, 0.1) is 6.54 Å². The van der Waals surface area contributed by atoms with E-state index in [1.807, 2.05) is 19.9 Å². The lowest BCUT2D eigenvalue weighted by Gasteiger charge is -2.18. The predicted octanol–water partition coefficient (Wildman–Crippen LogP) is 2.42. The molecule has 0 spiro atoms. The van der Waals surface area contributed by atoms with Gasteiger partial charge in [-0.25, -0.2) is 4.79 Å². The molecule has 0 bridgehead atoms. The summed E-state index contributed by atoms with van der Waals surface area (Å²) < 4.78 is 16.0. The minimum Gasteiger partial charge on any atom is -0.422 e. The first-order chi connectivity index (χ1) is 10.7. The molecule has 0 saturated heterocycles. The second-order valence-electron chi connectivity index (χ2n) is 4.58. The van der Waals surface area contributed by atoms with Gasteiger partial charge in [-0.1, -0.05) is 0 Å². The zero-order valence-electron chi connectivity index (χ0n) is 12.6. The summed E-state index contributed by atoms with van der Waals surface area (Å²) in [6.07, 6.45) is 0.154. The molecule has 1 aromatic carbocycles. The summed E-state index contributed by atoms with van der Waals surface area (Å²) in [5.41, 5.74) is 0.575. The molecule has 0 amide bonds. The van der Waals surface area contributed by atoms with Crippen LogP contribution in [0.5, 0.6) is 0 Å². The van der Waals surface area contributed by atoms with Gasteiger partial charge in [-0.2, -0.15) is 0 Å². The topological polar surface area (TPSA) is 77.8 Å². The predicted molar refractivity (Wildman–Crippen MR) is 83.4 cm³/mol. The second-order valence-corrected chi connectivity index (χ2v) is 4.58. The maximum absolute atomic E-state index is 11.6. The lowest BCUT2D eigenvalue weighted by atomic mass is 10.2. The van der Waals surface area contributed by atoms with Gasteiger partial charge in [0.25, 0.3) is 0 Å². The molecular weight excluding hydrogens is 286 g/mol. The van der Waals surface area contributed by atoms with Crippen molar-refractivity contribution in [2.45, 2.75) is 20.1 Å². The molecule has 0 fully saturated rings. The van der Waals surface area contributed by atoms with Gasteiger partial charge in [-0.15, -0.1) is 0 Å². The number of rotatable bonds is 8. The molecule has 6 heteroatoms. The van der Waals surface area contributed by atoms with Crippen LogP contribution in [-0.2, 0) is 9.47 Å². The molecule has 0 radical (unpaired) electrons. The molecular formula is C16H19NO5. The van der Waals surface area contributed by atoms with E-state index in [0.717, 1.165) is 5.69 Å². The molecule has 1 aromatic heterocycles. The number of benzene rings is 1. The first kappa shape index (κ1) is 16.2. The third-order valence-corrected chi connectivity index (χ3v) is 3.07. The van der Waals surface area contributed by atoms with Gasteiger partial charge in [0.15, 0.2) is 12.6 Å². The third-order valence-electron chi connectivity index (χ3n) is 3.07. The average Bonchev–Trinajstić information content (AvgIpc) is 2.52. The van der Waals surface area contributed by atoms with Crippen molar-refractivity contribution in [1.82, 2.24) is 0 Å². The van der Waals surface area contributed by atoms with Crippen molar-refractivity contribution in [3.63, 3.8) is 0 Å². The van der Waals surface area contributed by atoms with Crippen molar-refractivity contribution < 1.29 is 18.7 Å². The molecule has 0 aliphatic carbocycles. The van der Waals surface area contributed by atoms with E-state index in [9.17, 15) is 9.59 Å². The van der Waals surface area contributed by atoms with Crippen LogP contribution in [-0.4, -0.2) is 32.3 Å². The zero-order chi connectivity index (χ0) is 15.9. The minimum atomic E-state index is -0.638. The van der Waals surface area contributed by atoms with Crippen LogP contribution in [0.3, 0.4) is 0 Å². The molecule has 22 heavy (non-hydrogen) atoms. The van der Waals surface area contributed by atoms with Gasteiger partial charge in [0.2, 0.25) is 0 Å². The van der Waals surface area contributed by atoms with Crippen LogP contribution < -0.4 is 10.9 Å². The molecule has 0 unspecified atom stereocenters. The van der Waals surface area contributed by atoms with Gasteiger partial charge < -0.3 is 19.2 Å². The van der Waals surface area contributed by atoms with E-state index < -0.39 is 5.63 Å². The molecule has 2 rings (SSSR count). The summed E-state index contributed by atoms with van der Waals surface area (Å²) in [6, 6.07) is 6.84. The number of hydrogen-bond acceptors (Lipinski definition) is 6. The Bertz CT molecular complexity index is 688. The summed E-state index contributed by atoms with van der Waals surface area (Å²) in [4.78, 5) is 22.3. The van der Waals surface area contributed by atoms with Crippen LogP contribution in [0, 0.1) is 0 Å². The number of carbonyl (C=O) groups is 1. The molecule has 0 aliphatic heterocycles. The molecule has 1 heterocycles. The first-order valence-corrected chi connectivity index (χ1v) is 7.18. The van der Waals surface area contributed by atoms with Gasteiger partial charge in [0, 0.05) is 30.4 Å². The molecule has 1 N–H and O–H groups in total. The van der Waals surface area contributed by atoms with E-state index in [0.29, 0.717) is 37.0 Å². The Morgan fingerprint density at radius 3 is 2.59 bits per heavy atom. The molecule has 2 aromatic rings. The second kappa shape index (κ2) is 7.72. The summed E-state index contributed by atoms with van der Waals surface area (Å²) in [5, 5.41) is 3.87. The maximum atomic E-state index is 11.6. The number of ether oxygens (including phenoxy) is 2. The van der Waals surface area contributed by atoms with Crippen LogP contribution in [0.25, 0.3) is 11.0 Å². The Morgan fingerprint density at radius 2 is 1.95 bits per heavy atom. The summed E-state index contributed by atoms with van der Waals surface area (Å²) >= 11 is 0. The molecule has 0 aliphatic rings. The van der Waals surface area contributed by atoms with Gasteiger partial charge in [-0.3, -0.25) is 4.79 Å². The fourth-order valence-corrected chi connectivity index (χ4v) is 2.06. The van der Waals surface area contributed by atoms with Crippen LogP contribution in [0.2, 0.25) is 0 Å².